The fourth-order valence-corrected chi connectivity index (χ4v) is 1.21. The van der Waals surface area contributed by atoms with Crippen LogP contribution >= 0.6 is 0 Å². The second-order valence-corrected chi connectivity index (χ2v) is 3.93. The predicted octanol–water partition coefficient (Wildman–Crippen LogP) is 2.26. The third-order valence-electron chi connectivity index (χ3n) is 2.38. The Labute approximate surface area is 89.8 Å². The van der Waals surface area contributed by atoms with E-state index in [-0.39, 0.29) is 6.04 Å². The zero-order valence-electron chi connectivity index (χ0n) is 9.69. The molecule has 0 radical (unpaired) electrons. The summed E-state index contributed by atoms with van der Waals surface area (Å²) in [6.07, 6.45) is -1.92. The lowest BCUT2D eigenvalue weighted by molar-refractivity contribution is -0.125. The van der Waals surface area contributed by atoms with Gasteiger partial charge in [-0.2, -0.15) is 13.2 Å². The van der Waals surface area contributed by atoms with Crippen molar-refractivity contribution in [2.24, 2.45) is 0 Å². The summed E-state index contributed by atoms with van der Waals surface area (Å²) in [7, 11) is 1.94. The van der Waals surface area contributed by atoms with Crippen LogP contribution in [-0.2, 0) is 0 Å². The quantitative estimate of drug-likeness (QED) is 0.716. The van der Waals surface area contributed by atoms with Crippen LogP contribution in [0, 0.1) is 0 Å². The van der Waals surface area contributed by atoms with Crippen molar-refractivity contribution >= 4 is 0 Å². The van der Waals surface area contributed by atoms with Crippen LogP contribution < -0.4 is 5.32 Å². The standard InChI is InChI=1S/C10H21F3N2/c1-4-5-6-15(3)9(2)7-14-8-10(11,12)13/h9,14H,4-8H2,1-3H3. The molecule has 1 atom stereocenters. The highest BCUT2D eigenvalue weighted by Crippen LogP contribution is 2.12. The Morgan fingerprint density at radius 2 is 1.93 bits per heavy atom. The third kappa shape index (κ3) is 8.69. The number of alkyl halides is 3. The lowest BCUT2D eigenvalue weighted by Crippen LogP contribution is -2.41. The van der Waals surface area contributed by atoms with E-state index in [0.29, 0.717) is 6.54 Å². The van der Waals surface area contributed by atoms with Crippen molar-refractivity contribution in [3.05, 3.63) is 0 Å². The zero-order valence-corrected chi connectivity index (χ0v) is 9.69. The molecule has 5 heteroatoms. The van der Waals surface area contributed by atoms with E-state index in [2.05, 4.69) is 17.1 Å². The predicted molar refractivity (Wildman–Crippen MR) is 55.9 cm³/mol. The molecule has 0 bridgehead atoms. The summed E-state index contributed by atoms with van der Waals surface area (Å²) in [5, 5.41) is 2.42. The van der Waals surface area contributed by atoms with Crippen molar-refractivity contribution in [2.75, 3.05) is 26.7 Å². The summed E-state index contributed by atoms with van der Waals surface area (Å²) in [5.74, 6) is 0. The van der Waals surface area contributed by atoms with E-state index in [1.54, 1.807) is 0 Å². The average molecular weight is 226 g/mol. The van der Waals surface area contributed by atoms with Crippen molar-refractivity contribution in [3.63, 3.8) is 0 Å². The van der Waals surface area contributed by atoms with E-state index in [1.165, 1.54) is 0 Å². The molecule has 0 fully saturated rings. The van der Waals surface area contributed by atoms with Gasteiger partial charge in [-0.05, 0) is 26.9 Å². The number of nitrogens with zero attached hydrogens (tertiary/aromatic N) is 1. The fraction of sp³-hybridized carbons (Fsp3) is 1.00. The van der Waals surface area contributed by atoms with E-state index < -0.39 is 12.7 Å². The molecular formula is C10H21F3N2. The number of hydrogen-bond acceptors (Lipinski definition) is 2. The summed E-state index contributed by atoms with van der Waals surface area (Å²) in [5.41, 5.74) is 0. The van der Waals surface area contributed by atoms with Gasteiger partial charge in [0.1, 0.15) is 0 Å². The number of likely N-dealkylation sites (N-methyl/N-ethyl adjacent to an activating group) is 1. The Balaban J connectivity index is 3.59. The highest BCUT2D eigenvalue weighted by molar-refractivity contribution is 4.67. The van der Waals surface area contributed by atoms with Gasteiger partial charge < -0.3 is 10.2 Å². The molecule has 0 heterocycles. The molecule has 0 aliphatic heterocycles. The minimum Gasteiger partial charge on any atom is -0.307 e. The van der Waals surface area contributed by atoms with Gasteiger partial charge in [0.15, 0.2) is 0 Å². The SMILES string of the molecule is CCCCN(C)C(C)CNCC(F)(F)F. The molecule has 0 saturated heterocycles. The first kappa shape index (κ1) is 14.7. The molecule has 92 valence electrons. The van der Waals surface area contributed by atoms with E-state index in [1.807, 2.05) is 14.0 Å². The molecule has 1 unspecified atom stereocenters. The van der Waals surface area contributed by atoms with E-state index in [4.69, 9.17) is 0 Å². The van der Waals surface area contributed by atoms with E-state index >= 15 is 0 Å². The van der Waals surface area contributed by atoms with E-state index in [0.717, 1.165) is 19.4 Å². The molecule has 0 aromatic heterocycles. The second-order valence-electron chi connectivity index (χ2n) is 3.93. The molecule has 0 rings (SSSR count). The lowest BCUT2D eigenvalue weighted by Gasteiger charge is -2.25. The molecule has 1 N–H and O–H groups in total. The van der Waals surface area contributed by atoms with Crippen LogP contribution in [0.1, 0.15) is 26.7 Å². The molecular weight excluding hydrogens is 205 g/mol. The number of halogens is 3. The molecule has 0 aliphatic carbocycles. The summed E-state index contributed by atoms with van der Waals surface area (Å²) in [4.78, 5) is 2.08. The van der Waals surface area contributed by atoms with Crippen molar-refractivity contribution < 1.29 is 13.2 Å². The number of rotatable bonds is 7. The van der Waals surface area contributed by atoms with Gasteiger partial charge in [0, 0.05) is 12.6 Å². The van der Waals surface area contributed by atoms with Gasteiger partial charge in [0.2, 0.25) is 0 Å². The van der Waals surface area contributed by atoms with Gasteiger partial charge in [-0.25, -0.2) is 0 Å². The molecule has 0 saturated carbocycles. The first-order valence-electron chi connectivity index (χ1n) is 5.34. The Kier molecular flexibility index (Phi) is 6.92. The Bertz CT molecular complexity index is 159. The van der Waals surface area contributed by atoms with Crippen LogP contribution in [0.25, 0.3) is 0 Å². The zero-order chi connectivity index (χ0) is 11.9. The fourth-order valence-electron chi connectivity index (χ4n) is 1.21. The molecule has 15 heavy (non-hydrogen) atoms. The average Bonchev–Trinajstić information content (AvgIpc) is 2.11. The lowest BCUT2D eigenvalue weighted by atomic mass is 10.2. The summed E-state index contributed by atoms with van der Waals surface area (Å²) >= 11 is 0. The van der Waals surface area contributed by atoms with Crippen LogP contribution in [0.4, 0.5) is 13.2 Å². The molecule has 0 aromatic rings. The van der Waals surface area contributed by atoms with Gasteiger partial charge >= 0.3 is 6.18 Å². The van der Waals surface area contributed by atoms with Gasteiger partial charge in [-0.15, -0.1) is 0 Å². The largest absolute Gasteiger partial charge is 0.401 e. The Morgan fingerprint density at radius 1 is 1.33 bits per heavy atom. The second kappa shape index (κ2) is 7.06. The summed E-state index contributed by atoms with van der Waals surface area (Å²) < 4.78 is 35.5. The molecule has 0 aromatic carbocycles. The summed E-state index contributed by atoms with van der Waals surface area (Å²) in [6.45, 7) is 4.43. The molecule has 2 nitrogen and oxygen atoms in total. The first-order valence-corrected chi connectivity index (χ1v) is 5.34. The van der Waals surface area contributed by atoms with Gasteiger partial charge in [-0.3, -0.25) is 0 Å². The maximum Gasteiger partial charge on any atom is 0.401 e. The maximum atomic E-state index is 11.8. The minimum atomic E-state index is -4.11. The van der Waals surface area contributed by atoms with Crippen LogP contribution in [0.2, 0.25) is 0 Å². The van der Waals surface area contributed by atoms with Gasteiger partial charge in [0.25, 0.3) is 0 Å². The minimum absolute atomic E-state index is 0.138. The van der Waals surface area contributed by atoms with Gasteiger partial charge in [0.05, 0.1) is 6.54 Å². The van der Waals surface area contributed by atoms with Crippen molar-refractivity contribution in [2.45, 2.75) is 38.9 Å². The number of nitrogens with one attached hydrogen (secondary N) is 1. The van der Waals surface area contributed by atoms with Crippen molar-refractivity contribution in [1.82, 2.24) is 10.2 Å². The molecule has 0 spiro atoms. The Hall–Kier alpha value is -0.290. The molecule has 0 amide bonds. The highest BCUT2D eigenvalue weighted by atomic mass is 19.4. The maximum absolute atomic E-state index is 11.8. The first-order chi connectivity index (χ1) is 6.87. The van der Waals surface area contributed by atoms with Crippen molar-refractivity contribution in [3.8, 4) is 0 Å². The van der Waals surface area contributed by atoms with Crippen LogP contribution in [-0.4, -0.2) is 43.8 Å². The topological polar surface area (TPSA) is 15.3 Å². The van der Waals surface area contributed by atoms with Crippen LogP contribution in [0.5, 0.6) is 0 Å². The monoisotopic (exact) mass is 226 g/mol. The summed E-state index contributed by atoms with van der Waals surface area (Å²) in [6, 6.07) is 0.138. The third-order valence-corrected chi connectivity index (χ3v) is 2.38. The highest BCUT2D eigenvalue weighted by Gasteiger charge is 2.26. The van der Waals surface area contributed by atoms with Crippen LogP contribution in [0.15, 0.2) is 0 Å². The Morgan fingerprint density at radius 3 is 2.40 bits per heavy atom. The van der Waals surface area contributed by atoms with E-state index in [9.17, 15) is 13.2 Å². The van der Waals surface area contributed by atoms with Gasteiger partial charge in [-0.1, -0.05) is 13.3 Å². The van der Waals surface area contributed by atoms with Crippen LogP contribution in [0.3, 0.4) is 0 Å². The molecule has 0 aliphatic rings. The number of hydrogen-bond donors (Lipinski definition) is 1. The van der Waals surface area contributed by atoms with Crippen molar-refractivity contribution in [1.29, 1.82) is 0 Å². The normalized spacial score (nSPS) is 14.6. The number of unbranched alkanes of at least 4 members (excludes halogenated alkanes) is 1. The smallest absolute Gasteiger partial charge is 0.307 e.